The molecule has 0 aliphatic heterocycles. The van der Waals surface area contributed by atoms with E-state index in [1.165, 1.54) is 0 Å². The Morgan fingerprint density at radius 1 is 1.21 bits per heavy atom. The van der Waals surface area contributed by atoms with Crippen LogP contribution in [0.15, 0.2) is 47.6 Å². The Morgan fingerprint density at radius 3 is 2.58 bits per heavy atom. The number of rotatable bonds is 5. The predicted molar refractivity (Wildman–Crippen MR) is 76.6 cm³/mol. The second-order valence-corrected chi connectivity index (χ2v) is 5.37. The molecule has 0 atom stereocenters. The number of benzene rings is 1. The number of hydrogen-bond donors (Lipinski definition) is 1. The highest BCUT2D eigenvalue weighted by Crippen LogP contribution is 2.23. The van der Waals surface area contributed by atoms with Gasteiger partial charge in [0.2, 0.25) is 0 Å². The Hall–Kier alpha value is -1.52. The molecule has 0 fully saturated rings. The first-order valence-electron chi connectivity index (χ1n) is 5.68. The Kier molecular flexibility index (Phi) is 4.82. The summed E-state index contributed by atoms with van der Waals surface area (Å²) >= 11 is 7.34. The quantitative estimate of drug-likeness (QED) is 0.855. The van der Waals surface area contributed by atoms with Gasteiger partial charge in [-0.05, 0) is 23.3 Å². The topological polar surface area (TPSA) is 50.2 Å². The zero-order valence-corrected chi connectivity index (χ0v) is 11.6. The molecule has 1 aromatic heterocycles. The summed E-state index contributed by atoms with van der Waals surface area (Å²) in [6.45, 7) is 0. The number of pyridine rings is 1. The highest BCUT2D eigenvalue weighted by Gasteiger charge is 2.07. The van der Waals surface area contributed by atoms with Crippen molar-refractivity contribution in [2.75, 3.05) is 0 Å². The molecule has 5 heteroatoms. The molecule has 0 aliphatic rings. The van der Waals surface area contributed by atoms with Crippen LogP contribution in [0.3, 0.4) is 0 Å². The third-order valence-electron chi connectivity index (χ3n) is 2.54. The number of aliphatic carboxylic acids is 1. The number of halogens is 1. The molecule has 0 amide bonds. The lowest BCUT2D eigenvalue weighted by molar-refractivity contribution is -0.136. The zero-order valence-electron chi connectivity index (χ0n) is 10.0. The molecule has 0 spiro atoms. The van der Waals surface area contributed by atoms with E-state index in [4.69, 9.17) is 16.7 Å². The van der Waals surface area contributed by atoms with Crippen LogP contribution in [-0.2, 0) is 17.0 Å². The van der Waals surface area contributed by atoms with Crippen molar-refractivity contribution in [3.8, 4) is 0 Å². The molecule has 2 rings (SSSR count). The summed E-state index contributed by atoms with van der Waals surface area (Å²) in [5, 5.41) is 10.4. The van der Waals surface area contributed by atoms with E-state index >= 15 is 0 Å². The van der Waals surface area contributed by atoms with Crippen molar-refractivity contribution < 1.29 is 9.90 Å². The van der Waals surface area contributed by atoms with Crippen LogP contribution in [0.25, 0.3) is 0 Å². The summed E-state index contributed by atoms with van der Waals surface area (Å²) in [6, 6.07) is 11.2. The Morgan fingerprint density at radius 2 is 1.95 bits per heavy atom. The lowest BCUT2D eigenvalue weighted by Crippen LogP contribution is -2.02. The number of hydrogen-bond acceptors (Lipinski definition) is 3. The summed E-state index contributed by atoms with van der Waals surface area (Å²) < 4.78 is 0. The minimum absolute atomic E-state index is 0.0464. The van der Waals surface area contributed by atoms with Crippen LogP contribution in [-0.4, -0.2) is 16.1 Å². The summed E-state index contributed by atoms with van der Waals surface area (Å²) in [5.74, 6) is -0.125. The number of nitrogens with zero attached hydrogens (tertiary/aromatic N) is 1. The first kappa shape index (κ1) is 13.9. The van der Waals surface area contributed by atoms with E-state index in [0.29, 0.717) is 10.8 Å². The molecule has 0 bridgehead atoms. The van der Waals surface area contributed by atoms with Gasteiger partial charge >= 0.3 is 5.97 Å². The zero-order chi connectivity index (χ0) is 13.7. The van der Waals surface area contributed by atoms with Crippen molar-refractivity contribution in [1.82, 2.24) is 4.98 Å². The maximum Gasteiger partial charge on any atom is 0.307 e. The van der Waals surface area contributed by atoms with Crippen LogP contribution in [0.5, 0.6) is 0 Å². The first-order chi connectivity index (χ1) is 9.15. The highest BCUT2D eigenvalue weighted by atomic mass is 35.5. The van der Waals surface area contributed by atoms with Gasteiger partial charge in [-0.3, -0.25) is 4.79 Å². The normalized spacial score (nSPS) is 10.4. The number of aromatic nitrogens is 1. The van der Waals surface area contributed by atoms with Crippen molar-refractivity contribution in [2.45, 2.75) is 17.2 Å². The van der Waals surface area contributed by atoms with Gasteiger partial charge in [-0.15, -0.1) is 11.8 Å². The molecule has 2 aromatic rings. The molecule has 0 radical (unpaired) electrons. The second kappa shape index (κ2) is 6.59. The number of carbonyl (C=O) groups is 1. The van der Waals surface area contributed by atoms with Gasteiger partial charge in [0.1, 0.15) is 0 Å². The van der Waals surface area contributed by atoms with Gasteiger partial charge in [0, 0.05) is 11.9 Å². The van der Waals surface area contributed by atoms with Crippen molar-refractivity contribution in [1.29, 1.82) is 0 Å². The molecular weight excluding hydrogens is 282 g/mol. The van der Waals surface area contributed by atoms with E-state index < -0.39 is 5.97 Å². The van der Waals surface area contributed by atoms with E-state index in [1.807, 2.05) is 30.3 Å². The fraction of sp³-hybridized carbons (Fsp3) is 0.143. The Bertz CT molecular complexity index is 572. The summed E-state index contributed by atoms with van der Waals surface area (Å²) in [5.41, 5.74) is 1.86. The Balaban J connectivity index is 2.06. The van der Waals surface area contributed by atoms with E-state index in [9.17, 15) is 4.79 Å². The monoisotopic (exact) mass is 293 g/mol. The van der Waals surface area contributed by atoms with E-state index in [1.54, 1.807) is 24.0 Å². The number of carboxylic acid groups (broad SMARTS) is 1. The van der Waals surface area contributed by atoms with Gasteiger partial charge in [-0.1, -0.05) is 35.9 Å². The standard InChI is InChI=1S/C14H12ClNO2S/c15-12-5-6-13(16-8-12)19-9-11-4-2-1-3-10(11)7-14(17)18/h1-6,8H,7,9H2,(H,17,18). The van der Waals surface area contributed by atoms with Crippen LogP contribution in [0.1, 0.15) is 11.1 Å². The van der Waals surface area contributed by atoms with E-state index in [0.717, 1.165) is 16.2 Å². The molecule has 1 N–H and O–H groups in total. The molecule has 1 heterocycles. The van der Waals surface area contributed by atoms with Crippen molar-refractivity contribution in [3.63, 3.8) is 0 Å². The van der Waals surface area contributed by atoms with Crippen molar-refractivity contribution in [2.24, 2.45) is 0 Å². The van der Waals surface area contributed by atoms with Gasteiger partial charge in [-0.2, -0.15) is 0 Å². The molecule has 0 aliphatic carbocycles. The molecule has 1 aromatic carbocycles. The first-order valence-corrected chi connectivity index (χ1v) is 7.04. The third kappa shape index (κ3) is 4.26. The molecule has 0 saturated heterocycles. The van der Waals surface area contributed by atoms with Crippen LogP contribution >= 0.6 is 23.4 Å². The van der Waals surface area contributed by atoms with Crippen molar-refractivity contribution in [3.05, 3.63) is 58.7 Å². The fourth-order valence-corrected chi connectivity index (χ4v) is 2.62. The Labute approximate surface area is 120 Å². The van der Waals surface area contributed by atoms with Crippen LogP contribution in [0.2, 0.25) is 5.02 Å². The van der Waals surface area contributed by atoms with Gasteiger partial charge in [-0.25, -0.2) is 4.98 Å². The van der Waals surface area contributed by atoms with Gasteiger partial charge < -0.3 is 5.11 Å². The minimum Gasteiger partial charge on any atom is -0.481 e. The van der Waals surface area contributed by atoms with Crippen LogP contribution in [0.4, 0.5) is 0 Å². The van der Waals surface area contributed by atoms with Gasteiger partial charge in [0.15, 0.2) is 0 Å². The van der Waals surface area contributed by atoms with Crippen LogP contribution < -0.4 is 0 Å². The molecule has 3 nitrogen and oxygen atoms in total. The number of thioether (sulfide) groups is 1. The molecular formula is C14H12ClNO2S. The van der Waals surface area contributed by atoms with E-state index in [-0.39, 0.29) is 6.42 Å². The largest absolute Gasteiger partial charge is 0.481 e. The minimum atomic E-state index is -0.818. The fourth-order valence-electron chi connectivity index (χ4n) is 1.63. The summed E-state index contributed by atoms with van der Waals surface area (Å²) in [6.07, 6.45) is 1.65. The molecule has 0 unspecified atom stereocenters. The average Bonchev–Trinajstić information content (AvgIpc) is 2.39. The van der Waals surface area contributed by atoms with Crippen LogP contribution in [0, 0.1) is 0 Å². The average molecular weight is 294 g/mol. The van der Waals surface area contributed by atoms with Gasteiger partial charge in [0.05, 0.1) is 16.5 Å². The predicted octanol–water partition coefficient (Wildman–Crippen LogP) is 3.65. The SMILES string of the molecule is O=C(O)Cc1ccccc1CSc1ccc(Cl)cn1. The lowest BCUT2D eigenvalue weighted by Gasteiger charge is -2.07. The number of carboxylic acids is 1. The second-order valence-electron chi connectivity index (χ2n) is 3.94. The third-order valence-corrected chi connectivity index (χ3v) is 3.75. The maximum absolute atomic E-state index is 10.8. The van der Waals surface area contributed by atoms with Gasteiger partial charge in [0.25, 0.3) is 0 Å². The highest BCUT2D eigenvalue weighted by molar-refractivity contribution is 7.98. The summed E-state index contributed by atoms with van der Waals surface area (Å²) in [4.78, 5) is 15.0. The maximum atomic E-state index is 10.8. The van der Waals surface area contributed by atoms with Crippen molar-refractivity contribution >= 4 is 29.3 Å². The molecule has 19 heavy (non-hydrogen) atoms. The summed E-state index contributed by atoms with van der Waals surface area (Å²) in [7, 11) is 0. The smallest absolute Gasteiger partial charge is 0.307 e. The molecule has 0 saturated carbocycles. The van der Waals surface area contributed by atoms with E-state index in [2.05, 4.69) is 4.98 Å². The molecule has 98 valence electrons. The lowest BCUT2D eigenvalue weighted by atomic mass is 10.1.